The number of ketones is 3. The zero-order chi connectivity index (χ0) is 51.4. The number of nitrogens with one attached hydrogen (secondary N) is 2. The van der Waals surface area contributed by atoms with Crippen LogP contribution in [0, 0.1) is 36.0 Å². The Hall–Kier alpha value is -5.64. The number of hydrogen-bond donors (Lipinski definition) is 3. The van der Waals surface area contributed by atoms with Gasteiger partial charge in [-0.1, -0.05) is 94.3 Å². The van der Waals surface area contributed by atoms with Crippen LogP contribution in [-0.2, 0) is 55.9 Å². The Morgan fingerprint density at radius 3 is 1.91 bits per heavy atom. The lowest BCUT2D eigenvalue weighted by atomic mass is 9.86. The number of aliphatic hydroxyl groups is 1. The molecule has 1 unspecified atom stereocenters. The van der Waals surface area contributed by atoms with E-state index in [4.69, 9.17) is 29.6 Å². The summed E-state index contributed by atoms with van der Waals surface area (Å²) in [5.74, 6) is -2.48. The van der Waals surface area contributed by atoms with E-state index in [2.05, 4.69) is 16.6 Å². The second-order valence-corrected chi connectivity index (χ2v) is 20.3. The molecule has 3 N–H and O–H groups in total. The number of carbonyl (C=O) groups is 5. The third kappa shape index (κ3) is 18.0. The van der Waals surface area contributed by atoms with Crippen LogP contribution in [0.25, 0.3) is 0 Å². The van der Waals surface area contributed by atoms with Crippen molar-refractivity contribution in [2.45, 2.75) is 102 Å². The van der Waals surface area contributed by atoms with Crippen molar-refractivity contribution in [2.75, 3.05) is 60.3 Å². The molecule has 1 saturated heterocycles. The van der Waals surface area contributed by atoms with Crippen molar-refractivity contribution in [3.05, 3.63) is 83.9 Å². The van der Waals surface area contributed by atoms with Crippen LogP contribution in [0.1, 0.15) is 77.8 Å². The highest BCUT2D eigenvalue weighted by molar-refractivity contribution is 7.87. The zero-order valence-electron chi connectivity index (χ0n) is 41.6. The Morgan fingerprint density at radius 2 is 1.36 bits per heavy atom. The van der Waals surface area contributed by atoms with Gasteiger partial charge in [-0.25, -0.2) is 0 Å². The van der Waals surface area contributed by atoms with Gasteiger partial charge in [0, 0.05) is 49.9 Å². The lowest BCUT2D eigenvalue weighted by Crippen LogP contribution is -2.54. The van der Waals surface area contributed by atoms with Crippen LogP contribution in [0.4, 0.5) is 0 Å². The van der Waals surface area contributed by atoms with Crippen molar-refractivity contribution in [3.8, 4) is 29.6 Å². The molecule has 0 aliphatic carbocycles. The zero-order valence-corrected chi connectivity index (χ0v) is 42.4. The normalized spacial score (nSPS) is 15.7. The summed E-state index contributed by atoms with van der Waals surface area (Å²) in [6.07, 6.45) is 6.27. The molecule has 1 heterocycles. The van der Waals surface area contributed by atoms with Crippen molar-refractivity contribution in [2.24, 2.45) is 23.7 Å². The molecule has 4 rings (SSSR count). The molecule has 3 aromatic rings. The number of carbonyl (C=O) groups excluding carboxylic acids is 5. The van der Waals surface area contributed by atoms with E-state index in [-0.39, 0.29) is 80.1 Å². The van der Waals surface area contributed by atoms with E-state index in [0.29, 0.717) is 39.1 Å². The van der Waals surface area contributed by atoms with Crippen LogP contribution in [0.2, 0.25) is 0 Å². The summed E-state index contributed by atoms with van der Waals surface area (Å²) in [6, 6.07) is 18.9. The predicted octanol–water partition coefficient (Wildman–Crippen LogP) is 5.16. The fourth-order valence-corrected chi connectivity index (χ4v) is 9.51. The number of aryl methyl sites for hydroxylation is 1. The van der Waals surface area contributed by atoms with Gasteiger partial charge in [0.1, 0.15) is 41.8 Å². The van der Waals surface area contributed by atoms with E-state index in [9.17, 15) is 37.5 Å². The van der Waals surface area contributed by atoms with Crippen LogP contribution in [0.15, 0.2) is 77.7 Å². The highest BCUT2D eigenvalue weighted by Crippen LogP contribution is 2.39. The average Bonchev–Trinajstić information content (AvgIpc) is 3.33. The number of terminal acetylenes is 1. The topological polar surface area (TPSA) is 213 Å². The van der Waals surface area contributed by atoms with Gasteiger partial charge in [0.25, 0.3) is 0 Å². The molecule has 1 aliphatic heterocycles. The summed E-state index contributed by atoms with van der Waals surface area (Å²) in [5.41, 5.74) is -0.721. The third-order valence-electron chi connectivity index (χ3n) is 11.9. The Labute approximate surface area is 413 Å². The maximum absolute atomic E-state index is 14.5. The maximum Gasteiger partial charge on any atom is 0.304 e. The van der Waals surface area contributed by atoms with Crippen LogP contribution < -0.4 is 24.8 Å². The lowest BCUT2D eigenvalue weighted by molar-refractivity contribution is -0.143. The van der Waals surface area contributed by atoms with Gasteiger partial charge in [0.2, 0.25) is 11.8 Å². The quantitative estimate of drug-likeness (QED) is 0.0582. The predicted molar refractivity (Wildman–Crippen MR) is 264 cm³/mol. The number of methoxy groups -OCH3 is 2. The van der Waals surface area contributed by atoms with E-state index in [1.54, 1.807) is 12.1 Å². The molecule has 0 bridgehead atoms. The highest BCUT2D eigenvalue weighted by atomic mass is 32.2. The van der Waals surface area contributed by atoms with E-state index < -0.39 is 74.5 Å². The van der Waals surface area contributed by atoms with E-state index in [1.807, 2.05) is 81.1 Å². The van der Waals surface area contributed by atoms with Gasteiger partial charge in [0.15, 0.2) is 16.5 Å². The monoisotopic (exact) mass is 989 g/mol. The maximum atomic E-state index is 14.5. The SMILES string of the molecule is C#CCOc1cc(OC)c(S(=O)(=O)OCC(C)(O)C(=O)[C@H](CC(C)C)NC(=O)[C@@H](CC(=O)[C@H](CC(C)C)NC(=O)[C@H](CCc2ccccc2)CC(=O)CN2CCOCC2)Cc2ccccc2)c(OC)c1. The molecule has 16 nitrogen and oxygen atoms in total. The first kappa shape index (κ1) is 56.9. The molecular formula is C53H71N3O13S. The molecule has 0 saturated carbocycles. The molecule has 382 valence electrons. The van der Waals surface area contributed by atoms with Gasteiger partial charge in [0.05, 0.1) is 46.1 Å². The van der Waals surface area contributed by atoms with Gasteiger partial charge in [-0.05, 0) is 62.0 Å². The second-order valence-electron chi connectivity index (χ2n) is 18.8. The summed E-state index contributed by atoms with van der Waals surface area (Å²) >= 11 is 0. The largest absolute Gasteiger partial charge is 0.495 e. The number of amides is 2. The van der Waals surface area contributed by atoms with Crippen molar-refractivity contribution in [1.29, 1.82) is 0 Å². The fourth-order valence-electron chi connectivity index (χ4n) is 8.23. The van der Waals surface area contributed by atoms with Crippen LogP contribution in [0.5, 0.6) is 17.2 Å². The smallest absolute Gasteiger partial charge is 0.304 e. The first-order valence-corrected chi connectivity index (χ1v) is 25.2. The van der Waals surface area contributed by atoms with Crippen molar-refractivity contribution in [1.82, 2.24) is 15.5 Å². The average molecular weight is 990 g/mol. The third-order valence-corrected chi connectivity index (χ3v) is 13.2. The molecule has 0 spiro atoms. The van der Waals surface area contributed by atoms with E-state index in [1.165, 1.54) is 26.4 Å². The minimum Gasteiger partial charge on any atom is -0.495 e. The van der Waals surface area contributed by atoms with Crippen molar-refractivity contribution in [3.63, 3.8) is 0 Å². The van der Waals surface area contributed by atoms with E-state index in [0.717, 1.165) is 18.1 Å². The molecule has 17 heteroatoms. The van der Waals surface area contributed by atoms with Crippen LogP contribution in [0.3, 0.4) is 0 Å². The first-order chi connectivity index (χ1) is 33.3. The molecule has 2 amide bonds. The van der Waals surface area contributed by atoms with Crippen LogP contribution >= 0.6 is 0 Å². The molecule has 1 aliphatic rings. The van der Waals surface area contributed by atoms with Gasteiger partial charge in [-0.2, -0.15) is 8.42 Å². The van der Waals surface area contributed by atoms with Crippen molar-refractivity contribution >= 4 is 39.3 Å². The standard InChI is InChI=1S/C53H71N3O13S/c1-9-24-68-43-32-47(65-7)49(48(33-43)66-8)70(63,64)69-35-53(6,62)50(59)45(28-37(4)5)55-52(61)41(29-39-18-14-11-15-19-39)31-46(58)44(27-36(2)3)54-51(60)40(21-20-38-16-12-10-13-17-38)30-42(57)34-56-22-25-67-26-23-56/h1,10-19,32-33,36-37,40-41,44-45,62H,20-31,34-35H2,2-8H3,(H,54,60)(H,55,61)/t40-,41-,44+,45+,53?/m1/s1. The Balaban J connectivity index is 1.57. The molecule has 1 fully saturated rings. The van der Waals surface area contributed by atoms with Gasteiger partial charge >= 0.3 is 10.1 Å². The lowest BCUT2D eigenvalue weighted by Gasteiger charge is -2.30. The summed E-state index contributed by atoms with van der Waals surface area (Å²) in [7, 11) is -2.34. The number of benzene rings is 3. The number of nitrogens with zero attached hydrogens (tertiary/aromatic N) is 1. The minimum atomic E-state index is -4.78. The summed E-state index contributed by atoms with van der Waals surface area (Å²) in [6.45, 7) is 9.86. The molecule has 5 atom stereocenters. The Kier molecular flexibility index (Phi) is 22.5. The van der Waals surface area contributed by atoms with Gasteiger partial charge < -0.3 is 34.7 Å². The molecular weight excluding hydrogens is 919 g/mol. The number of hydrogen-bond acceptors (Lipinski definition) is 14. The number of rotatable bonds is 30. The van der Waals surface area contributed by atoms with E-state index >= 15 is 0 Å². The number of morpholine rings is 1. The van der Waals surface area contributed by atoms with Gasteiger partial charge in [-0.3, -0.25) is 33.1 Å². The minimum absolute atomic E-state index is 0.0116. The Bertz CT molecular complexity index is 2320. The second kappa shape index (κ2) is 27.7. The highest BCUT2D eigenvalue weighted by Gasteiger charge is 2.41. The number of Topliss-reactive ketones (excluding diaryl/α,β-unsaturated/α-hetero) is 3. The summed E-state index contributed by atoms with van der Waals surface area (Å²) in [5, 5.41) is 17.4. The first-order valence-electron chi connectivity index (χ1n) is 23.8. The van der Waals surface area contributed by atoms with Crippen molar-refractivity contribution < 1.29 is 60.6 Å². The molecule has 3 aromatic carbocycles. The molecule has 70 heavy (non-hydrogen) atoms. The fraction of sp³-hybridized carbons (Fsp3) is 0.528. The molecule has 0 aromatic heterocycles. The van der Waals surface area contributed by atoms with Crippen LogP contribution in [-0.4, -0.2) is 126 Å². The Morgan fingerprint density at radius 1 is 0.814 bits per heavy atom. The van der Waals surface area contributed by atoms with Gasteiger partial charge in [-0.15, -0.1) is 6.42 Å². The number of ether oxygens (including phenoxy) is 4. The molecule has 0 radical (unpaired) electrons. The summed E-state index contributed by atoms with van der Waals surface area (Å²) in [4.78, 5) is 72.5. The summed E-state index contributed by atoms with van der Waals surface area (Å²) < 4.78 is 54.1.